The van der Waals surface area contributed by atoms with Crippen molar-refractivity contribution in [3.8, 4) is 0 Å². The van der Waals surface area contributed by atoms with E-state index in [1.165, 1.54) is 0 Å². The Kier molecular flexibility index (Phi) is 3.65. The van der Waals surface area contributed by atoms with Gasteiger partial charge in [-0.3, -0.25) is 9.59 Å². The molecule has 0 aromatic heterocycles. The number of rotatable bonds is 2. The van der Waals surface area contributed by atoms with Crippen molar-refractivity contribution in [1.82, 2.24) is 0 Å². The Morgan fingerprint density at radius 3 is 2.82 bits per heavy atom. The predicted molar refractivity (Wildman–Crippen MR) is 64.5 cm³/mol. The van der Waals surface area contributed by atoms with Crippen LogP contribution in [0.2, 0.25) is 0 Å². The van der Waals surface area contributed by atoms with Crippen molar-refractivity contribution in [1.29, 1.82) is 0 Å². The molecule has 0 spiro atoms. The average Bonchev–Trinajstić information content (AvgIpc) is 2.48. The molecule has 17 heavy (non-hydrogen) atoms. The molecule has 0 aromatic rings. The Morgan fingerprint density at radius 1 is 1.29 bits per heavy atom. The Balaban J connectivity index is 2.33. The highest BCUT2D eigenvalue weighted by Gasteiger charge is 2.45. The van der Waals surface area contributed by atoms with E-state index in [2.05, 4.69) is 0 Å². The van der Waals surface area contributed by atoms with Gasteiger partial charge in [0.05, 0.1) is 12.0 Å². The van der Waals surface area contributed by atoms with Crippen LogP contribution in [-0.2, 0) is 14.3 Å². The summed E-state index contributed by atoms with van der Waals surface area (Å²) in [5.41, 5.74) is 0.560. The average molecular weight is 236 g/mol. The molecule has 1 fully saturated rings. The first kappa shape index (κ1) is 12.3. The van der Waals surface area contributed by atoms with E-state index in [0.717, 1.165) is 44.1 Å². The van der Waals surface area contributed by atoms with E-state index in [0.29, 0.717) is 13.0 Å². The molecule has 1 unspecified atom stereocenters. The lowest BCUT2D eigenvalue weighted by molar-refractivity contribution is -0.154. The zero-order valence-electron chi connectivity index (χ0n) is 10.5. The summed E-state index contributed by atoms with van der Waals surface area (Å²) in [5.74, 6) is 0.0636. The third-order valence-corrected chi connectivity index (χ3v) is 3.94. The second-order valence-electron chi connectivity index (χ2n) is 5.00. The molecule has 0 aromatic carbocycles. The third-order valence-electron chi connectivity index (χ3n) is 3.94. The predicted octanol–water partition coefficient (Wildman–Crippen LogP) is 2.79. The molecule has 3 nitrogen and oxygen atoms in total. The van der Waals surface area contributed by atoms with Crippen molar-refractivity contribution in [2.45, 2.75) is 51.9 Å². The fraction of sp³-hybridized carbons (Fsp3) is 0.714. The minimum atomic E-state index is -0.472. The number of ketones is 1. The van der Waals surface area contributed by atoms with Gasteiger partial charge in [-0.2, -0.15) is 0 Å². The van der Waals surface area contributed by atoms with Gasteiger partial charge in [0.2, 0.25) is 0 Å². The quantitative estimate of drug-likeness (QED) is 0.692. The molecule has 2 aliphatic rings. The van der Waals surface area contributed by atoms with E-state index < -0.39 is 5.41 Å². The first-order valence-corrected chi connectivity index (χ1v) is 6.60. The van der Waals surface area contributed by atoms with Gasteiger partial charge in [0.15, 0.2) is 5.78 Å². The van der Waals surface area contributed by atoms with Crippen LogP contribution >= 0.6 is 0 Å². The fourth-order valence-electron chi connectivity index (χ4n) is 3.07. The summed E-state index contributed by atoms with van der Waals surface area (Å²) in [7, 11) is 0. The summed E-state index contributed by atoms with van der Waals surface area (Å²) in [6.07, 6.45) is 7.76. The SMILES string of the molecule is CCOC(=O)C12CCCCC1=CC(=O)CCC2. The summed E-state index contributed by atoms with van der Waals surface area (Å²) < 4.78 is 5.24. The van der Waals surface area contributed by atoms with E-state index in [4.69, 9.17) is 4.74 Å². The first-order chi connectivity index (χ1) is 8.19. The van der Waals surface area contributed by atoms with Crippen LogP contribution in [0.5, 0.6) is 0 Å². The van der Waals surface area contributed by atoms with Gasteiger partial charge < -0.3 is 4.74 Å². The van der Waals surface area contributed by atoms with Crippen LogP contribution in [-0.4, -0.2) is 18.4 Å². The molecule has 2 rings (SSSR count). The van der Waals surface area contributed by atoms with Crippen LogP contribution < -0.4 is 0 Å². The van der Waals surface area contributed by atoms with Crippen LogP contribution in [0, 0.1) is 5.41 Å². The second-order valence-corrected chi connectivity index (χ2v) is 5.00. The third kappa shape index (κ3) is 2.28. The Hall–Kier alpha value is -1.12. The number of carbonyl (C=O) groups is 2. The molecular weight excluding hydrogens is 216 g/mol. The zero-order chi connectivity index (χ0) is 12.3. The monoisotopic (exact) mass is 236 g/mol. The van der Waals surface area contributed by atoms with Gasteiger partial charge in [0.1, 0.15) is 0 Å². The van der Waals surface area contributed by atoms with E-state index in [-0.39, 0.29) is 11.8 Å². The standard InChI is InChI=1S/C14H20O3/c1-2-17-13(16)14-8-4-3-6-11(14)10-12(15)7-5-9-14/h10H,2-9H2,1H3. The molecule has 1 atom stereocenters. The van der Waals surface area contributed by atoms with Crippen molar-refractivity contribution in [2.24, 2.45) is 5.41 Å². The molecule has 2 aliphatic carbocycles. The maximum absolute atomic E-state index is 12.2. The van der Waals surface area contributed by atoms with Gasteiger partial charge >= 0.3 is 5.97 Å². The van der Waals surface area contributed by atoms with Gasteiger partial charge in [-0.05, 0) is 50.7 Å². The molecule has 94 valence electrons. The van der Waals surface area contributed by atoms with Crippen LogP contribution in [0.4, 0.5) is 0 Å². The van der Waals surface area contributed by atoms with E-state index >= 15 is 0 Å². The van der Waals surface area contributed by atoms with Gasteiger partial charge in [-0.25, -0.2) is 0 Å². The lowest BCUT2D eigenvalue weighted by Crippen LogP contribution is -2.37. The topological polar surface area (TPSA) is 43.4 Å². The number of esters is 1. The summed E-state index contributed by atoms with van der Waals surface area (Å²) in [6, 6.07) is 0. The number of hydrogen-bond donors (Lipinski definition) is 0. The summed E-state index contributed by atoms with van der Waals surface area (Å²) in [5, 5.41) is 0. The van der Waals surface area contributed by atoms with E-state index in [1.54, 1.807) is 6.08 Å². The minimum Gasteiger partial charge on any atom is -0.465 e. The van der Waals surface area contributed by atoms with Crippen LogP contribution in [0.25, 0.3) is 0 Å². The highest BCUT2D eigenvalue weighted by molar-refractivity contribution is 5.93. The highest BCUT2D eigenvalue weighted by Crippen LogP contribution is 2.47. The Bertz CT molecular complexity index is 356. The van der Waals surface area contributed by atoms with Gasteiger partial charge in [-0.1, -0.05) is 6.42 Å². The lowest BCUT2D eigenvalue weighted by atomic mass is 9.68. The van der Waals surface area contributed by atoms with E-state index in [9.17, 15) is 9.59 Å². The largest absolute Gasteiger partial charge is 0.465 e. The first-order valence-electron chi connectivity index (χ1n) is 6.60. The number of fused-ring (bicyclic) bond motifs is 1. The normalized spacial score (nSPS) is 29.0. The molecule has 0 amide bonds. The lowest BCUT2D eigenvalue weighted by Gasteiger charge is -2.36. The Labute approximate surface area is 102 Å². The van der Waals surface area contributed by atoms with Gasteiger partial charge in [0, 0.05) is 6.42 Å². The smallest absolute Gasteiger partial charge is 0.316 e. The maximum Gasteiger partial charge on any atom is 0.316 e. The van der Waals surface area contributed by atoms with Crippen LogP contribution in [0.15, 0.2) is 11.6 Å². The van der Waals surface area contributed by atoms with Crippen molar-refractivity contribution in [3.05, 3.63) is 11.6 Å². The minimum absolute atomic E-state index is 0.111. The zero-order valence-corrected chi connectivity index (χ0v) is 10.5. The Morgan fingerprint density at radius 2 is 2.06 bits per heavy atom. The molecule has 0 aliphatic heterocycles. The van der Waals surface area contributed by atoms with Crippen molar-refractivity contribution >= 4 is 11.8 Å². The molecule has 3 heteroatoms. The molecule has 0 saturated heterocycles. The number of hydrogen-bond acceptors (Lipinski definition) is 3. The number of allylic oxidation sites excluding steroid dienone is 1. The molecule has 0 heterocycles. The summed E-state index contributed by atoms with van der Waals surface area (Å²) >= 11 is 0. The second kappa shape index (κ2) is 5.03. The molecule has 0 N–H and O–H groups in total. The van der Waals surface area contributed by atoms with E-state index in [1.807, 2.05) is 6.92 Å². The highest BCUT2D eigenvalue weighted by atomic mass is 16.5. The summed E-state index contributed by atoms with van der Waals surface area (Å²) in [6.45, 7) is 2.25. The molecule has 1 saturated carbocycles. The molecule has 0 bridgehead atoms. The number of ether oxygens (including phenoxy) is 1. The maximum atomic E-state index is 12.2. The summed E-state index contributed by atoms with van der Waals surface area (Å²) in [4.78, 5) is 23.9. The number of carbonyl (C=O) groups excluding carboxylic acids is 2. The van der Waals surface area contributed by atoms with Crippen LogP contribution in [0.1, 0.15) is 51.9 Å². The van der Waals surface area contributed by atoms with Crippen LogP contribution in [0.3, 0.4) is 0 Å². The van der Waals surface area contributed by atoms with Crippen molar-refractivity contribution in [3.63, 3.8) is 0 Å². The van der Waals surface area contributed by atoms with Crippen molar-refractivity contribution in [2.75, 3.05) is 6.61 Å². The van der Waals surface area contributed by atoms with Crippen molar-refractivity contribution < 1.29 is 14.3 Å². The van der Waals surface area contributed by atoms with Gasteiger partial charge in [-0.15, -0.1) is 0 Å². The molecular formula is C14H20O3. The van der Waals surface area contributed by atoms with Gasteiger partial charge in [0.25, 0.3) is 0 Å². The fourth-order valence-corrected chi connectivity index (χ4v) is 3.07. The molecule has 0 radical (unpaired) electrons.